The van der Waals surface area contributed by atoms with E-state index in [1.807, 2.05) is 42.3 Å². The highest BCUT2D eigenvalue weighted by Gasteiger charge is 2.13. The zero-order valence-electron chi connectivity index (χ0n) is 12.9. The molecule has 0 aliphatic rings. The van der Waals surface area contributed by atoms with E-state index < -0.39 is 0 Å². The Labute approximate surface area is 131 Å². The Kier molecular flexibility index (Phi) is 5.07. The van der Waals surface area contributed by atoms with Crippen molar-refractivity contribution in [3.05, 3.63) is 47.7 Å². The molecule has 1 heterocycles. The van der Waals surface area contributed by atoms with Crippen molar-refractivity contribution >= 4 is 23.1 Å². The highest BCUT2D eigenvalue weighted by atomic mass is 35.5. The number of halogens is 1. The molecule has 112 valence electrons. The maximum Gasteiger partial charge on any atom is 0.142 e. The first-order valence-electron chi connectivity index (χ1n) is 7.00. The highest BCUT2D eigenvalue weighted by Crippen LogP contribution is 2.32. The van der Waals surface area contributed by atoms with E-state index in [4.69, 9.17) is 21.3 Å². The van der Waals surface area contributed by atoms with Gasteiger partial charge < -0.3 is 9.64 Å². The monoisotopic (exact) mass is 304 g/mol. The number of benzene rings is 1. The van der Waals surface area contributed by atoms with Crippen LogP contribution in [0.1, 0.15) is 31.0 Å². The first kappa shape index (κ1) is 15.6. The summed E-state index contributed by atoms with van der Waals surface area (Å²) in [6, 6.07) is 12.0. The van der Waals surface area contributed by atoms with Crippen LogP contribution in [0.2, 0.25) is 0 Å². The molecule has 0 saturated heterocycles. The zero-order chi connectivity index (χ0) is 15.4. The minimum atomic E-state index is 0.359. The third-order valence-electron chi connectivity index (χ3n) is 3.43. The number of rotatable bonds is 5. The van der Waals surface area contributed by atoms with Gasteiger partial charge >= 0.3 is 0 Å². The summed E-state index contributed by atoms with van der Waals surface area (Å²) in [6.45, 7) is 4.26. The van der Waals surface area contributed by atoms with Crippen LogP contribution in [0.5, 0.6) is 5.75 Å². The van der Waals surface area contributed by atoms with Gasteiger partial charge in [0.25, 0.3) is 0 Å². The maximum atomic E-state index is 6.01. The molecule has 0 radical (unpaired) electrons. The molecule has 4 heteroatoms. The summed E-state index contributed by atoms with van der Waals surface area (Å²) in [4.78, 5) is 6.77. The van der Waals surface area contributed by atoms with Crippen LogP contribution >= 0.6 is 11.6 Å². The van der Waals surface area contributed by atoms with Crippen molar-refractivity contribution in [3.63, 3.8) is 0 Å². The average molecular weight is 305 g/mol. The van der Waals surface area contributed by atoms with Crippen LogP contribution in [0.15, 0.2) is 36.4 Å². The molecule has 1 aromatic carbocycles. The van der Waals surface area contributed by atoms with E-state index in [2.05, 4.69) is 19.9 Å². The van der Waals surface area contributed by atoms with Gasteiger partial charge in [0.1, 0.15) is 11.6 Å². The standard InChI is InChI=1S/C17H21ClN2O/c1-12(2)14-9-13(11-18)10-17(19-14)20(3)15-7-5-6-8-16(15)21-4/h5-10,12H,11H2,1-4H3. The number of nitrogens with zero attached hydrogens (tertiary/aromatic N) is 2. The first-order valence-corrected chi connectivity index (χ1v) is 7.53. The second kappa shape index (κ2) is 6.81. The molecule has 0 atom stereocenters. The molecular formula is C17H21ClN2O. The quantitative estimate of drug-likeness (QED) is 0.747. The number of pyridine rings is 1. The number of aromatic nitrogens is 1. The fraction of sp³-hybridized carbons (Fsp3) is 0.353. The lowest BCUT2D eigenvalue weighted by Crippen LogP contribution is -2.14. The molecular weight excluding hydrogens is 284 g/mol. The summed E-state index contributed by atoms with van der Waals surface area (Å²) in [5.74, 6) is 2.54. The summed E-state index contributed by atoms with van der Waals surface area (Å²) in [7, 11) is 3.66. The first-order chi connectivity index (χ1) is 10.1. The van der Waals surface area contributed by atoms with Gasteiger partial charge in [0.2, 0.25) is 0 Å². The number of alkyl halides is 1. The van der Waals surface area contributed by atoms with Gasteiger partial charge in [0, 0.05) is 18.6 Å². The summed E-state index contributed by atoms with van der Waals surface area (Å²) >= 11 is 6.01. The Morgan fingerprint density at radius 3 is 2.57 bits per heavy atom. The Morgan fingerprint density at radius 1 is 1.24 bits per heavy atom. The molecule has 21 heavy (non-hydrogen) atoms. The van der Waals surface area contributed by atoms with Crippen LogP contribution in [0.25, 0.3) is 0 Å². The normalized spacial score (nSPS) is 10.8. The van der Waals surface area contributed by atoms with Gasteiger partial charge in [-0.05, 0) is 35.7 Å². The van der Waals surface area contributed by atoms with Crippen molar-refractivity contribution in [2.75, 3.05) is 19.1 Å². The minimum absolute atomic E-state index is 0.359. The van der Waals surface area contributed by atoms with Crippen LogP contribution in [0, 0.1) is 0 Å². The summed E-state index contributed by atoms with van der Waals surface area (Å²) in [5.41, 5.74) is 3.10. The fourth-order valence-corrected chi connectivity index (χ4v) is 2.32. The average Bonchev–Trinajstić information content (AvgIpc) is 2.53. The number of hydrogen-bond acceptors (Lipinski definition) is 3. The highest BCUT2D eigenvalue weighted by molar-refractivity contribution is 6.17. The van der Waals surface area contributed by atoms with Crippen LogP contribution in [-0.4, -0.2) is 19.1 Å². The Morgan fingerprint density at radius 2 is 1.95 bits per heavy atom. The second-order valence-electron chi connectivity index (χ2n) is 5.28. The minimum Gasteiger partial charge on any atom is -0.495 e. The molecule has 0 fully saturated rings. The van der Waals surface area contributed by atoms with Crippen molar-refractivity contribution in [2.45, 2.75) is 25.6 Å². The number of ether oxygens (including phenoxy) is 1. The van der Waals surface area contributed by atoms with Crippen LogP contribution in [0.3, 0.4) is 0 Å². The van der Waals surface area contributed by atoms with Gasteiger partial charge in [0.05, 0.1) is 12.8 Å². The number of anilines is 2. The van der Waals surface area contributed by atoms with Gasteiger partial charge in [-0.15, -0.1) is 11.6 Å². The van der Waals surface area contributed by atoms with Gasteiger partial charge in [-0.1, -0.05) is 26.0 Å². The lowest BCUT2D eigenvalue weighted by Gasteiger charge is -2.22. The van der Waals surface area contributed by atoms with Crippen LogP contribution < -0.4 is 9.64 Å². The number of para-hydroxylation sites is 2. The summed E-state index contributed by atoms with van der Waals surface area (Å²) < 4.78 is 5.43. The Bertz CT molecular complexity index is 613. The van der Waals surface area contributed by atoms with Crippen molar-refractivity contribution < 1.29 is 4.74 Å². The van der Waals surface area contributed by atoms with E-state index in [0.717, 1.165) is 28.5 Å². The topological polar surface area (TPSA) is 25.4 Å². The second-order valence-corrected chi connectivity index (χ2v) is 5.54. The molecule has 2 aromatic rings. The van der Waals surface area contributed by atoms with Crippen molar-refractivity contribution in [2.24, 2.45) is 0 Å². The van der Waals surface area contributed by atoms with Crippen molar-refractivity contribution in [1.29, 1.82) is 0 Å². The van der Waals surface area contributed by atoms with Gasteiger partial charge in [0.15, 0.2) is 0 Å². The van der Waals surface area contributed by atoms with E-state index in [9.17, 15) is 0 Å². The predicted molar refractivity (Wildman–Crippen MR) is 88.9 cm³/mol. The largest absolute Gasteiger partial charge is 0.495 e. The molecule has 1 aromatic heterocycles. The molecule has 3 nitrogen and oxygen atoms in total. The van der Waals surface area contributed by atoms with E-state index in [0.29, 0.717) is 11.8 Å². The third-order valence-corrected chi connectivity index (χ3v) is 3.74. The smallest absolute Gasteiger partial charge is 0.142 e. The van der Waals surface area contributed by atoms with Crippen molar-refractivity contribution in [3.8, 4) is 5.75 Å². The number of methoxy groups -OCH3 is 1. The molecule has 0 N–H and O–H groups in total. The van der Waals surface area contributed by atoms with Gasteiger partial charge in [-0.2, -0.15) is 0 Å². The van der Waals surface area contributed by atoms with E-state index in [-0.39, 0.29) is 0 Å². The molecule has 0 saturated carbocycles. The zero-order valence-corrected chi connectivity index (χ0v) is 13.7. The van der Waals surface area contributed by atoms with E-state index in [1.165, 1.54) is 0 Å². The van der Waals surface area contributed by atoms with E-state index >= 15 is 0 Å². The maximum absolute atomic E-state index is 6.01. The van der Waals surface area contributed by atoms with E-state index in [1.54, 1.807) is 7.11 Å². The lowest BCUT2D eigenvalue weighted by molar-refractivity contribution is 0.415. The molecule has 0 aliphatic carbocycles. The molecule has 0 aliphatic heterocycles. The summed E-state index contributed by atoms with van der Waals surface area (Å²) in [5, 5.41) is 0. The summed E-state index contributed by atoms with van der Waals surface area (Å²) in [6.07, 6.45) is 0. The SMILES string of the molecule is COc1ccccc1N(C)c1cc(CCl)cc(C(C)C)n1. The molecule has 0 spiro atoms. The predicted octanol–water partition coefficient (Wildman–Crippen LogP) is 4.72. The lowest BCUT2D eigenvalue weighted by atomic mass is 10.1. The Balaban J connectivity index is 2.47. The third kappa shape index (κ3) is 3.48. The number of hydrogen-bond donors (Lipinski definition) is 0. The van der Waals surface area contributed by atoms with Gasteiger partial charge in [-0.25, -0.2) is 4.98 Å². The molecule has 0 unspecified atom stereocenters. The molecule has 0 amide bonds. The van der Waals surface area contributed by atoms with Crippen LogP contribution in [0.4, 0.5) is 11.5 Å². The van der Waals surface area contributed by atoms with Gasteiger partial charge in [-0.3, -0.25) is 0 Å². The molecule has 0 bridgehead atoms. The van der Waals surface area contributed by atoms with Crippen molar-refractivity contribution in [1.82, 2.24) is 4.98 Å². The molecule has 2 rings (SSSR count). The Hall–Kier alpha value is -1.74. The fourth-order valence-electron chi connectivity index (χ4n) is 2.17. The van der Waals surface area contributed by atoms with Crippen LogP contribution in [-0.2, 0) is 5.88 Å².